The van der Waals surface area contributed by atoms with E-state index >= 15 is 0 Å². The van der Waals surface area contributed by atoms with Crippen LogP contribution < -0.4 is 14.8 Å². The molecule has 0 spiro atoms. The van der Waals surface area contributed by atoms with E-state index in [0.717, 1.165) is 17.8 Å². The van der Waals surface area contributed by atoms with E-state index in [1.807, 2.05) is 0 Å². The van der Waals surface area contributed by atoms with E-state index in [-0.39, 0.29) is 18.2 Å². The number of rotatable bonds is 6. The third-order valence-corrected chi connectivity index (χ3v) is 4.76. The summed E-state index contributed by atoms with van der Waals surface area (Å²) < 4.78 is 19.0. The molecular weight excluding hydrogens is 342 g/mol. The smallest absolute Gasteiger partial charge is 0.223 e. The number of nitrogens with zero attached hydrogens (tertiary/aromatic N) is 4. The highest BCUT2D eigenvalue weighted by Crippen LogP contribution is 2.27. The summed E-state index contributed by atoms with van der Waals surface area (Å²) in [5, 5.41) is 3.10. The molecule has 1 amide bonds. The Kier molecular flexibility index (Phi) is 5.03. The maximum absolute atomic E-state index is 11.1. The minimum absolute atomic E-state index is 0.00141. The van der Waals surface area contributed by atoms with E-state index in [0.29, 0.717) is 29.5 Å². The molecule has 8 nitrogen and oxygen atoms in total. The first-order valence-electron chi connectivity index (χ1n) is 8.45. The number of carbonyl (C=O) groups is 1. The van der Waals surface area contributed by atoms with Crippen molar-refractivity contribution in [2.24, 2.45) is 0 Å². The van der Waals surface area contributed by atoms with Gasteiger partial charge in [0, 0.05) is 43.5 Å². The number of ether oxygens (including phenoxy) is 2. The second-order valence-corrected chi connectivity index (χ2v) is 6.97. The largest absolute Gasteiger partial charge is 0.481 e. The molecular formula is C16H21N5O3S. The summed E-state index contributed by atoms with van der Waals surface area (Å²) in [4.78, 5) is 26.4. The van der Waals surface area contributed by atoms with E-state index in [2.05, 4.69) is 32.1 Å². The standard InChI is InChI=1S/C16H21N5O3S/c1-10-4-12(24-15-5-14(23-3)18-9-19-15)7-21(10)8-13-6-17-16(25-13)20-11(2)22/h5-6,9-10,12H,4,7-8H2,1-3H3,(H,17,20,22)/t10-,12+/m0/s1/i6D. The molecule has 0 saturated carbocycles. The number of amides is 1. The van der Waals surface area contributed by atoms with E-state index in [9.17, 15) is 4.79 Å². The maximum Gasteiger partial charge on any atom is 0.223 e. The predicted molar refractivity (Wildman–Crippen MR) is 93.9 cm³/mol. The Morgan fingerprint density at radius 2 is 2.28 bits per heavy atom. The van der Waals surface area contributed by atoms with Crippen molar-refractivity contribution in [3.63, 3.8) is 0 Å². The molecule has 1 aliphatic heterocycles. The van der Waals surface area contributed by atoms with Crippen molar-refractivity contribution in [1.29, 1.82) is 0 Å². The third-order valence-electron chi connectivity index (χ3n) is 3.91. The van der Waals surface area contributed by atoms with Gasteiger partial charge >= 0.3 is 0 Å². The van der Waals surface area contributed by atoms with Crippen LogP contribution in [-0.2, 0) is 11.3 Å². The van der Waals surface area contributed by atoms with E-state index in [1.54, 1.807) is 13.2 Å². The van der Waals surface area contributed by atoms with Crippen molar-refractivity contribution in [3.8, 4) is 11.8 Å². The number of hydrogen-bond acceptors (Lipinski definition) is 8. The van der Waals surface area contributed by atoms with Crippen molar-refractivity contribution in [2.75, 3.05) is 19.0 Å². The summed E-state index contributed by atoms with van der Waals surface area (Å²) in [6, 6.07) is 1.97. The van der Waals surface area contributed by atoms with Crippen LogP contribution in [-0.4, -0.2) is 51.6 Å². The summed E-state index contributed by atoms with van der Waals surface area (Å²) in [5.41, 5.74) is 0. The molecule has 0 aromatic carbocycles. The van der Waals surface area contributed by atoms with Gasteiger partial charge in [0.25, 0.3) is 0 Å². The second-order valence-electron chi connectivity index (χ2n) is 5.89. The van der Waals surface area contributed by atoms with Crippen LogP contribution in [0.15, 0.2) is 18.6 Å². The summed E-state index contributed by atoms with van der Waals surface area (Å²) >= 11 is 1.34. The Balaban J connectivity index is 1.62. The van der Waals surface area contributed by atoms with Crippen LogP contribution >= 0.6 is 11.3 Å². The Bertz CT molecular complexity index is 787. The predicted octanol–water partition coefficient (Wildman–Crippen LogP) is 1.94. The van der Waals surface area contributed by atoms with E-state index < -0.39 is 0 Å². The van der Waals surface area contributed by atoms with Crippen LogP contribution in [0.25, 0.3) is 0 Å². The molecule has 3 heterocycles. The van der Waals surface area contributed by atoms with Gasteiger partial charge in [-0.3, -0.25) is 9.69 Å². The van der Waals surface area contributed by atoms with Gasteiger partial charge in [-0.25, -0.2) is 15.0 Å². The van der Waals surface area contributed by atoms with E-state index in [1.165, 1.54) is 24.6 Å². The summed E-state index contributed by atoms with van der Waals surface area (Å²) in [6.07, 6.45) is 2.48. The fourth-order valence-corrected chi connectivity index (χ4v) is 3.59. The number of methoxy groups -OCH3 is 1. The summed E-state index contributed by atoms with van der Waals surface area (Å²) in [6.45, 7) is 4.88. The van der Waals surface area contributed by atoms with Gasteiger partial charge in [0.1, 0.15) is 12.4 Å². The number of nitrogens with one attached hydrogen (secondary N) is 1. The van der Waals surface area contributed by atoms with Crippen LogP contribution in [0.1, 0.15) is 26.5 Å². The minimum Gasteiger partial charge on any atom is -0.481 e. The highest BCUT2D eigenvalue weighted by molar-refractivity contribution is 7.15. The van der Waals surface area contributed by atoms with Gasteiger partial charge in [0.15, 0.2) is 5.13 Å². The van der Waals surface area contributed by atoms with Gasteiger partial charge in [-0.15, -0.1) is 11.3 Å². The number of anilines is 1. The molecule has 1 aliphatic rings. The van der Waals surface area contributed by atoms with E-state index in [4.69, 9.17) is 10.8 Å². The van der Waals surface area contributed by atoms with Crippen molar-refractivity contribution >= 4 is 22.4 Å². The van der Waals surface area contributed by atoms with Crippen LogP contribution in [0.5, 0.6) is 11.8 Å². The van der Waals surface area contributed by atoms with Crippen molar-refractivity contribution in [3.05, 3.63) is 23.4 Å². The van der Waals surface area contributed by atoms with Gasteiger partial charge in [-0.2, -0.15) is 0 Å². The highest BCUT2D eigenvalue weighted by atomic mass is 32.1. The van der Waals surface area contributed by atoms with Crippen LogP contribution in [0, 0.1) is 0 Å². The molecule has 2 aromatic rings. The molecule has 9 heteroatoms. The highest BCUT2D eigenvalue weighted by Gasteiger charge is 2.31. The SMILES string of the molecule is [2H]c1nc(NC(C)=O)sc1CN1C[C@H](Oc2cc(OC)ncn2)C[C@@H]1C. The molecule has 25 heavy (non-hydrogen) atoms. The fourth-order valence-electron chi connectivity index (χ4n) is 2.75. The Labute approximate surface area is 151 Å². The molecule has 0 unspecified atom stereocenters. The lowest BCUT2D eigenvalue weighted by Gasteiger charge is -2.19. The van der Waals surface area contributed by atoms with Crippen molar-refractivity contribution < 1.29 is 15.6 Å². The second kappa shape index (κ2) is 7.75. The van der Waals surface area contributed by atoms with Crippen LogP contribution in [0.2, 0.25) is 0 Å². The molecule has 134 valence electrons. The quantitative estimate of drug-likeness (QED) is 0.838. The molecule has 2 atom stereocenters. The average Bonchev–Trinajstić information content (AvgIpc) is 3.09. The van der Waals surface area contributed by atoms with Gasteiger partial charge in [-0.05, 0) is 6.92 Å². The van der Waals surface area contributed by atoms with Gasteiger partial charge < -0.3 is 14.8 Å². The number of likely N-dealkylation sites (tertiary alicyclic amines) is 1. The lowest BCUT2D eigenvalue weighted by Crippen LogP contribution is -2.27. The first kappa shape index (κ1) is 16.2. The zero-order chi connectivity index (χ0) is 18.7. The molecule has 0 radical (unpaired) electrons. The summed E-state index contributed by atoms with van der Waals surface area (Å²) in [5.74, 6) is 0.767. The number of thiazole rings is 1. The fraction of sp³-hybridized carbons (Fsp3) is 0.500. The van der Waals surface area contributed by atoms with Crippen LogP contribution in [0.3, 0.4) is 0 Å². The number of aromatic nitrogens is 3. The van der Waals surface area contributed by atoms with Gasteiger partial charge in [-0.1, -0.05) is 0 Å². The molecule has 2 aromatic heterocycles. The lowest BCUT2D eigenvalue weighted by atomic mass is 10.2. The Morgan fingerprint density at radius 3 is 3.04 bits per heavy atom. The molecule has 0 bridgehead atoms. The van der Waals surface area contributed by atoms with Crippen molar-refractivity contribution in [2.45, 2.75) is 39.0 Å². The maximum atomic E-state index is 11.1. The average molecular weight is 364 g/mol. The Morgan fingerprint density at radius 1 is 1.48 bits per heavy atom. The summed E-state index contributed by atoms with van der Waals surface area (Å²) in [7, 11) is 1.55. The zero-order valence-electron chi connectivity index (χ0n) is 15.4. The van der Waals surface area contributed by atoms with Gasteiger partial charge in [0.05, 0.1) is 14.5 Å². The van der Waals surface area contributed by atoms with Crippen LogP contribution in [0.4, 0.5) is 5.13 Å². The lowest BCUT2D eigenvalue weighted by molar-refractivity contribution is -0.114. The molecule has 3 rings (SSSR count). The topological polar surface area (TPSA) is 89.5 Å². The third kappa shape index (κ3) is 4.64. The Hall–Kier alpha value is -2.26. The first-order chi connectivity index (χ1) is 12.4. The first-order valence-corrected chi connectivity index (χ1v) is 8.77. The number of hydrogen-bond donors (Lipinski definition) is 1. The molecule has 1 fully saturated rings. The number of carbonyl (C=O) groups excluding carboxylic acids is 1. The van der Waals surface area contributed by atoms with Gasteiger partial charge in [0.2, 0.25) is 17.7 Å². The van der Waals surface area contributed by atoms with Crippen molar-refractivity contribution in [1.82, 2.24) is 19.9 Å². The monoisotopic (exact) mass is 364 g/mol. The zero-order valence-corrected chi connectivity index (χ0v) is 15.2. The normalized spacial score (nSPS) is 21.0. The molecule has 0 aliphatic carbocycles. The molecule has 1 saturated heterocycles. The molecule has 1 N–H and O–H groups in total. The minimum atomic E-state index is -0.186.